The van der Waals surface area contributed by atoms with Crippen molar-refractivity contribution in [1.82, 2.24) is 0 Å². The van der Waals surface area contributed by atoms with E-state index in [0.29, 0.717) is 6.42 Å². The Bertz CT molecular complexity index is 190. The highest BCUT2D eigenvalue weighted by molar-refractivity contribution is 6.35. The third kappa shape index (κ3) is 6.46. The Morgan fingerprint density at radius 3 is 2.21 bits per heavy atom. The van der Waals surface area contributed by atoms with Crippen molar-refractivity contribution in [3.05, 3.63) is 0 Å². The number of hydrogen-bond acceptors (Lipinski definition) is 3. The van der Waals surface area contributed by atoms with Gasteiger partial charge in [0.15, 0.2) is 5.71 Å². The SMILES string of the molecule is CCCCCCCC/C(=N\O)C(=O)O. The standard InChI is InChI=1S/C10H19NO3/c1-2-3-4-5-6-7-8-9(11-14)10(12)13/h14H,2-8H2,1H3,(H,12,13)/b11-9+. The predicted molar refractivity (Wildman–Crippen MR) is 54.9 cm³/mol. The van der Waals surface area contributed by atoms with Gasteiger partial charge in [-0.05, 0) is 6.42 Å². The molecule has 0 aromatic heterocycles. The maximum Gasteiger partial charge on any atom is 0.353 e. The van der Waals surface area contributed by atoms with Gasteiger partial charge in [0.2, 0.25) is 0 Å². The van der Waals surface area contributed by atoms with Crippen molar-refractivity contribution in [3.8, 4) is 0 Å². The number of oxime groups is 1. The minimum Gasteiger partial charge on any atom is -0.477 e. The van der Waals surface area contributed by atoms with Crippen LogP contribution in [-0.4, -0.2) is 22.0 Å². The molecule has 0 aliphatic rings. The van der Waals surface area contributed by atoms with Crippen LogP contribution in [0.1, 0.15) is 51.9 Å². The Morgan fingerprint density at radius 2 is 1.71 bits per heavy atom. The molecule has 0 amide bonds. The molecule has 0 atom stereocenters. The molecule has 2 N–H and O–H groups in total. The average molecular weight is 201 g/mol. The van der Waals surface area contributed by atoms with Gasteiger partial charge in [-0.1, -0.05) is 44.2 Å². The first-order valence-electron chi connectivity index (χ1n) is 5.16. The number of nitrogens with zero attached hydrogens (tertiary/aromatic N) is 1. The van der Waals surface area contributed by atoms with Crippen LogP contribution in [0.3, 0.4) is 0 Å². The third-order valence-electron chi connectivity index (χ3n) is 2.13. The first kappa shape index (κ1) is 12.9. The molecule has 0 unspecified atom stereocenters. The molecule has 0 radical (unpaired) electrons. The van der Waals surface area contributed by atoms with Crippen molar-refractivity contribution >= 4 is 11.7 Å². The van der Waals surface area contributed by atoms with Crippen LogP contribution < -0.4 is 0 Å². The molecule has 82 valence electrons. The van der Waals surface area contributed by atoms with E-state index in [-0.39, 0.29) is 5.71 Å². The van der Waals surface area contributed by atoms with Gasteiger partial charge < -0.3 is 10.3 Å². The molecule has 0 bridgehead atoms. The second-order valence-corrected chi connectivity index (χ2v) is 3.37. The molecule has 0 saturated carbocycles. The average Bonchev–Trinajstić information content (AvgIpc) is 2.16. The number of carbonyl (C=O) groups is 1. The van der Waals surface area contributed by atoms with E-state index >= 15 is 0 Å². The van der Waals surface area contributed by atoms with Crippen molar-refractivity contribution < 1.29 is 15.1 Å². The van der Waals surface area contributed by atoms with Crippen molar-refractivity contribution in [2.75, 3.05) is 0 Å². The zero-order valence-corrected chi connectivity index (χ0v) is 8.70. The number of carboxylic acids is 1. The summed E-state index contributed by atoms with van der Waals surface area (Å²) < 4.78 is 0. The molecule has 0 aromatic carbocycles. The topological polar surface area (TPSA) is 69.9 Å². The number of carboxylic acid groups (broad SMARTS) is 1. The third-order valence-corrected chi connectivity index (χ3v) is 2.13. The molecule has 0 saturated heterocycles. The Kier molecular flexibility index (Phi) is 7.89. The van der Waals surface area contributed by atoms with E-state index in [0.717, 1.165) is 19.3 Å². The lowest BCUT2D eigenvalue weighted by atomic mass is 10.1. The summed E-state index contributed by atoms with van der Waals surface area (Å²) in [6, 6.07) is 0. The fraction of sp³-hybridized carbons (Fsp3) is 0.800. The molecule has 0 aliphatic heterocycles. The normalized spacial score (nSPS) is 11.6. The van der Waals surface area contributed by atoms with Crippen LogP contribution in [0.4, 0.5) is 0 Å². The molecule has 0 fully saturated rings. The summed E-state index contributed by atoms with van der Waals surface area (Å²) in [5.41, 5.74) is -0.138. The van der Waals surface area contributed by atoms with E-state index in [1.54, 1.807) is 0 Å². The van der Waals surface area contributed by atoms with Gasteiger partial charge in [0, 0.05) is 6.42 Å². The fourth-order valence-electron chi connectivity index (χ4n) is 1.27. The zero-order chi connectivity index (χ0) is 10.8. The van der Waals surface area contributed by atoms with Crippen LogP contribution in [-0.2, 0) is 4.79 Å². The van der Waals surface area contributed by atoms with Crippen LogP contribution in [0.5, 0.6) is 0 Å². The highest BCUT2D eigenvalue weighted by atomic mass is 16.4. The molecule has 14 heavy (non-hydrogen) atoms. The monoisotopic (exact) mass is 201 g/mol. The summed E-state index contributed by atoms with van der Waals surface area (Å²) in [6.45, 7) is 2.15. The van der Waals surface area contributed by atoms with Gasteiger partial charge in [-0.15, -0.1) is 0 Å². The lowest BCUT2D eigenvalue weighted by Gasteiger charge is -2.00. The number of aliphatic carboxylic acids is 1. The van der Waals surface area contributed by atoms with Crippen LogP contribution in [0, 0.1) is 0 Å². The van der Waals surface area contributed by atoms with Crippen molar-refractivity contribution in [2.45, 2.75) is 51.9 Å². The Labute approximate surface area is 84.6 Å². The second-order valence-electron chi connectivity index (χ2n) is 3.37. The molecule has 0 spiro atoms. The van der Waals surface area contributed by atoms with Gasteiger partial charge in [-0.3, -0.25) is 0 Å². The van der Waals surface area contributed by atoms with Crippen LogP contribution in [0.15, 0.2) is 5.16 Å². The van der Waals surface area contributed by atoms with Gasteiger partial charge in [0.1, 0.15) is 0 Å². The molecule has 0 aromatic rings. The van der Waals surface area contributed by atoms with E-state index < -0.39 is 5.97 Å². The maximum absolute atomic E-state index is 10.4. The van der Waals surface area contributed by atoms with Crippen molar-refractivity contribution in [1.29, 1.82) is 0 Å². The van der Waals surface area contributed by atoms with Gasteiger partial charge in [0.05, 0.1) is 0 Å². The van der Waals surface area contributed by atoms with Gasteiger partial charge in [-0.25, -0.2) is 4.79 Å². The summed E-state index contributed by atoms with van der Waals surface area (Å²) in [5.74, 6) is -1.12. The van der Waals surface area contributed by atoms with Crippen molar-refractivity contribution in [2.24, 2.45) is 5.16 Å². The predicted octanol–water partition coefficient (Wildman–Crippen LogP) is 2.65. The minimum absolute atomic E-state index is 0.138. The van der Waals surface area contributed by atoms with E-state index in [1.807, 2.05) is 0 Å². The summed E-state index contributed by atoms with van der Waals surface area (Å²) in [6.07, 6.45) is 6.93. The molecular formula is C10H19NO3. The molecular weight excluding hydrogens is 182 g/mol. The van der Waals surface area contributed by atoms with Crippen molar-refractivity contribution in [3.63, 3.8) is 0 Å². The number of rotatable bonds is 8. The van der Waals surface area contributed by atoms with E-state index in [2.05, 4.69) is 12.1 Å². The van der Waals surface area contributed by atoms with E-state index in [4.69, 9.17) is 10.3 Å². The quantitative estimate of drug-likeness (QED) is 0.274. The van der Waals surface area contributed by atoms with Crippen LogP contribution >= 0.6 is 0 Å². The Morgan fingerprint density at radius 1 is 1.14 bits per heavy atom. The largest absolute Gasteiger partial charge is 0.477 e. The molecule has 4 nitrogen and oxygen atoms in total. The molecule has 0 rings (SSSR count). The minimum atomic E-state index is -1.12. The Hall–Kier alpha value is -1.06. The highest BCUT2D eigenvalue weighted by Crippen LogP contribution is 2.07. The first-order valence-corrected chi connectivity index (χ1v) is 5.16. The van der Waals surface area contributed by atoms with Crippen LogP contribution in [0.2, 0.25) is 0 Å². The first-order chi connectivity index (χ1) is 6.72. The van der Waals surface area contributed by atoms with Gasteiger partial charge in [-0.2, -0.15) is 0 Å². The second kappa shape index (κ2) is 8.53. The van der Waals surface area contributed by atoms with Gasteiger partial charge >= 0.3 is 5.97 Å². The molecule has 0 aliphatic carbocycles. The Balaban J connectivity index is 3.39. The lowest BCUT2D eigenvalue weighted by molar-refractivity contribution is -0.129. The van der Waals surface area contributed by atoms with E-state index in [1.165, 1.54) is 19.3 Å². The fourth-order valence-corrected chi connectivity index (χ4v) is 1.27. The highest BCUT2D eigenvalue weighted by Gasteiger charge is 2.08. The summed E-state index contributed by atoms with van der Waals surface area (Å²) >= 11 is 0. The van der Waals surface area contributed by atoms with Gasteiger partial charge in [0.25, 0.3) is 0 Å². The zero-order valence-electron chi connectivity index (χ0n) is 8.70. The summed E-state index contributed by atoms with van der Waals surface area (Å²) in [5, 5.41) is 19.6. The maximum atomic E-state index is 10.4. The summed E-state index contributed by atoms with van der Waals surface area (Å²) in [4.78, 5) is 10.4. The van der Waals surface area contributed by atoms with Crippen LogP contribution in [0.25, 0.3) is 0 Å². The summed E-state index contributed by atoms with van der Waals surface area (Å²) in [7, 11) is 0. The number of hydrogen-bond donors (Lipinski definition) is 2. The number of unbranched alkanes of at least 4 members (excludes halogenated alkanes) is 5. The van der Waals surface area contributed by atoms with E-state index in [9.17, 15) is 4.79 Å². The lowest BCUT2D eigenvalue weighted by Crippen LogP contribution is -2.12. The smallest absolute Gasteiger partial charge is 0.353 e. The molecule has 4 heteroatoms. The molecule has 0 heterocycles.